The molecule has 0 amide bonds. The van der Waals surface area contributed by atoms with Gasteiger partial charge in [0.05, 0.1) is 9.75 Å². The van der Waals surface area contributed by atoms with Crippen LogP contribution in [0.4, 0.5) is 0 Å². The van der Waals surface area contributed by atoms with Crippen molar-refractivity contribution in [3.05, 3.63) is 139 Å². The zero-order valence-corrected chi connectivity index (χ0v) is 31.7. The lowest BCUT2D eigenvalue weighted by molar-refractivity contribution is 0.101. The highest BCUT2D eigenvalue weighted by Gasteiger charge is 2.07. The van der Waals surface area contributed by atoms with Crippen molar-refractivity contribution in [2.75, 3.05) is 0 Å². The second-order valence-electron chi connectivity index (χ2n) is 9.04. The van der Waals surface area contributed by atoms with Crippen LogP contribution in [0, 0.1) is 10.5 Å². The van der Waals surface area contributed by atoms with Crippen LogP contribution in [-0.2, 0) is 0 Å². The lowest BCUT2D eigenvalue weighted by Gasteiger charge is -1.97. The molecule has 48 heavy (non-hydrogen) atoms. The third kappa shape index (κ3) is 17.9. The Balaban J connectivity index is 0.000000325. The quantitative estimate of drug-likeness (QED) is 0.0585. The molecule has 0 aromatic carbocycles. The van der Waals surface area contributed by atoms with Crippen LogP contribution in [0.25, 0.3) is 20.9 Å². The molecule has 233 valence electrons. The van der Waals surface area contributed by atoms with Crippen molar-refractivity contribution < 1.29 is 9.59 Å². The van der Waals surface area contributed by atoms with Crippen molar-refractivity contribution in [2.45, 2.75) is 20.8 Å². The molecule has 5 rings (SSSR count). The number of halogens is 3. The fourth-order valence-electron chi connectivity index (χ4n) is 3.06. The van der Waals surface area contributed by atoms with Gasteiger partial charge in [-0.1, -0.05) is 34.7 Å². The number of nitrogens with zero attached hydrogens (tertiary/aromatic N) is 3. The topological polar surface area (TPSA) is 72.8 Å². The molecule has 0 fully saturated rings. The first-order chi connectivity index (χ1) is 22.8. The molecular weight excluding hydrogens is 786 g/mol. The third-order valence-electron chi connectivity index (χ3n) is 5.19. The number of carbonyl (C=O) groups is 2. The molecule has 0 aliphatic carbocycles. The van der Waals surface area contributed by atoms with Gasteiger partial charge in [0, 0.05) is 74.3 Å². The molecule has 0 bridgehead atoms. The molecule has 5 aromatic heterocycles. The van der Waals surface area contributed by atoms with E-state index in [2.05, 4.69) is 67.9 Å². The highest BCUT2D eigenvalue weighted by atomic mass is 127. The Morgan fingerprint density at radius 2 is 1.23 bits per heavy atom. The summed E-state index contributed by atoms with van der Waals surface area (Å²) in [7, 11) is 15.8. The number of thiophene rings is 2. The molecule has 5 aromatic rings. The number of carbonyl (C=O) groups excluding carboxylic acids is 2. The number of hydrogen-bond donors (Lipinski definition) is 0. The van der Waals surface area contributed by atoms with E-state index in [4.69, 9.17) is 46.4 Å². The first-order valence-corrected chi connectivity index (χ1v) is 17.2. The molecule has 7 radical (unpaired) electrons. The Bertz CT molecular complexity index is 1770. The van der Waals surface area contributed by atoms with Gasteiger partial charge in [0.1, 0.15) is 10.3 Å². The summed E-state index contributed by atoms with van der Waals surface area (Å²) in [5.74, 6) is 0.212. The van der Waals surface area contributed by atoms with E-state index in [9.17, 15) is 9.59 Å². The number of ketones is 2. The van der Waals surface area contributed by atoms with Gasteiger partial charge in [-0.2, -0.15) is 0 Å². The summed E-state index contributed by atoms with van der Waals surface area (Å²) >= 11 is 16.5. The molecule has 5 nitrogen and oxygen atoms in total. The third-order valence-corrected chi connectivity index (χ3v) is 8.74. The highest BCUT2D eigenvalue weighted by Crippen LogP contribution is 2.29. The number of rotatable bonds is 5. The number of aryl methyl sites for hydroxylation is 1. The van der Waals surface area contributed by atoms with Crippen molar-refractivity contribution in [1.82, 2.24) is 15.0 Å². The Morgan fingerprint density at radius 3 is 1.54 bits per heavy atom. The Hall–Kier alpha value is -3.10. The second kappa shape index (κ2) is 24.1. The molecule has 5 heterocycles. The highest BCUT2D eigenvalue weighted by molar-refractivity contribution is 14.1. The monoisotopic (exact) mass is 812 g/mol. The smallest absolute Gasteiger partial charge is 0.169 e. The minimum atomic E-state index is -0.463. The van der Waals surface area contributed by atoms with Crippen molar-refractivity contribution in [2.24, 2.45) is 0 Å². The average molecular weight is 813 g/mol. The van der Waals surface area contributed by atoms with Gasteiger partial charge in [0.15, 0.2) is 11.6 Å². The van der Waals surface area contributed by atoms with Crippen LogP contribution in [0.5, 0.6) is 0 Å². The number of aromatic nitrogens is 3. The van der Waals surface area contributed by atoms with Crippen LogP contribution in [0.1, 0.15) is 38.9 Å². The fourth-order valence-corrected chi connectivity index (χ4v) is 5.84. The summed E-state index contributed by atoms with van der Waals surface area (Å²) in [4.78, 5) is 37.9. The zero-order chi connectivity index (χ0) is 36.1. The minimum absolute atomic E-state index is 0.0893. The van der Waals surface area contributed by atoms with E-state index in [1.165, 1.54) is 29.7 Å². The summed E-state index contributed by atoms with van der Waals surface area (Å²) in [6.45, 7) is 11.5. The molecule has 0 aliphatic heterocycles. The predicted octanol–water partition coefficient (Wildman–Crippen LogP) is 8.69. The largest absolute Gasteiger partial charge is 0.294 e. The molecule has 0 saturated carbocycles. The predicted molar refractivity (Wildman–Crippen MR) is 217 cm³/mol. The Kier molecular flexibility index (Phi) is 21.6. The number of Topliss-reactive ketones (excluding diaryl/α,β-unsaturated/α-hetero) is 2. The van der Waals surface area contributed by atoms with Crippen LogP contribution in [0.15, 0.2) is 110 Å². The maximum atomic E-state index is 11.2. The molecule has 0 spiro atoms. The van der Waals surface area contributed by atoms with Gasteiger partial charge >= 0.3 is 0 Å². The summed E-state index contributed by atoms with van der Waals surface area (Å²) in [5.41, 5.74) is 10.2. The summed E-state index contributed by atoms with van der Waals surface area (Å²) in [5, 5.41) is 1.02. The average Bonchev–Trinajstić information content (AvgIpc) is 3.74. The number of pyridine rings is 3. The lowest BCUT2D eigenvalue weighted by Crippen LogP contribution is -2.23. The molecular formula is C33H26B5Cl2IN3O2S2. The van der Waals surface area contributed by atoms with Gasteiger partial charge in [0.2, 0.25) is 0 Å². The summed E-state index contributed by atoms with van der Waals surface area (Å²) < 4.78 is 1.11. The van der Waals surface area contributed by atoms with Gasteiger partial charge in [-0.25, -0.2) is 9.97 Å². The summed E-state index contributed by atoms with van der Waals surface area (Å²) in [6.07, 6.45) is 4.67. The van der Waals surface area contributed by atoms with E-state index in [0.717, 1.165) is 39.9 Å². The molecule has 0 N–H and O–H groups in total. The van der Waals surface area contributed by atoms with Crippen LogP contribution in [-0.4, -0.2) is 63.2 Å². The normalized spacial score (nSPS) is 8.96. The molecule has 0 unspecified atom stereocenters. The second-order valence-corrected chi connectivity index (χ2v) is 13.2. The van der Waals surface area contributed by atoms with E-state index < -0.39 is 6.39 Å². The molecule has 15 heteroatoms. The zero-order valence-electron chi connectivity index (χ0n) is 26.4. The van der Waals surface area contributed by atoms with Crippen molar-refractivity contribution >= 4 is 117 Å². The van der Waals surface area contributed by atoms with Gasteiger partial charge < -0.3 is 0 Å². The molecule has 0 atom stereocenters. The number of hydrogen-bond acceptors (Lipinski definition) is 7. The van der Waals surface area contributed by atoms with Crippen molar-refractivity contribution in [3.63, 3.8) is 0 Å². The van der Waals surface area contributed by atoms with Gasteiger partial charge in [-0.05, 0) is 134 Å². The van der Waals surface area contributed by atoms with Crippen LogP contribution in [0.3, 0.4) is 0 Å². The Morgan fingerprint density at radius 1 is 0.792 bits per heavy atom. The van der Waals surface area contributed by atoms with Gasteiger partial charge in [-0.15, -0.1) is 22.7 Å². The SMILES string of the molecule is C=C=C=C=C.CC(=O)c1ccc(-c2ccnc(C)c2)s1.CC(=O)c1ccc(-c2ccnc(Cl)c2)s1.Clc1cc(I)ccn1.[B][B]B([B])[B]. The van der Waals surface area contributed by atoms with E-state index in [1.54, 1.807) is 38.5 Å². The van der Waals surface area contributed by atoms with Crippen LogP contribution in [0.2, 0.25) is 10.3 Å². The fraction of sp³-hybridized carbons (Fsp3) is 0.0909. The van der Waals surface area contributed by atoms with E-state index in [1.807, 2.05) is 61.5 Å². The van der Waals surface area contributed by atoms with E-state index >= 15 is 0 Å². The Labute approximate surface area is 319 Å². The summed E-state index contributed by atoms with van der Waals surface area (Å²) in [6, 6.07) is 19.0. The van der Waals surface area contributed by atoms with Gasteiger partial charge in [0.25, 0.3) is 0 Å². The van der Waals surface area contributed by atoms with Crippen LogP contribution < -0.4 is 0 Å². The first kappa shape index (κ1) is 42.9. The maximum absolute atomic E-state index is 11.2. The standard InChI is InChI=1S/C12H11NOS.C11H8ClNOS.C5H3ClIN.C5H4.B5/c1-8-7-10(5-6-13-8)12-4-3-11(15-12)9(2)14;1-7(14)9-2-3-10(15-9)8-4-5-13-11(12)6-8;6-5-3-4(7)1-2-8-5;1-3-5-4-2;1-4-5(2)3/h3-7H,1-2H3;2-6H,1H3;1-3H;1-2H2;. The van der Waals surface area contributed by atoms with Crippen LogP contribution >= 0.6 is 68.5 Å². The lowest BCUT2D eigenvalue weighted by atomic mass is 8.97. The van der Waals surface area contributed by atoms with E-state index in [-0.39, 0.29) is 11.6 Å². The molecule has 0 aliphatic rings. The van der Waals surface area contributed by atoms with Crippen molar-refractivity contribution in [3.8, 4) is 20.9 Å². The first-order valence-electron chi connectivity index (χ1n) is 13.7. The van der Waals surface area contributed by atoms with Gasteiger partial charge in [-0.3, -0.25) is 14.6 Å². The minimum Gasteiger partial charge on any atom is -0.294 e. The van der Waals surface area contributed by atoms with Crippen molar-refractivity contribution in [1.29, 1.82) is 0 Å². The molecule has 0 saturated heterocycles. The maximum Gasteiger partial charge on any atom is 0.169 e. The van der Waals surface area contributed by atoms with E-state index in [0.29, 0.717) is 10.3 Å².